The van der Waals surface area contributed by atoms with Gasteiger partial charge in [-0.2, -0.15) is 0 Å². The Kier molecular flexibility index (Phi) is 3.86. The zero-order valence-electron chi connectivity index (χ0n) is 10.2. The van der Waals surface area contributed by atoms with Crippen LogP contribution < -0.4 is 0 Å². The molecule has 0 aliphatic rings. The van der Waals surface area contributed by atoms with Gasteiger partial charge in [0.25, 0.3) is 0 Å². The van der Waals surface area contributed by atoms with Gasteiger partial charge in [0, 0.05) is 11.6 Å². The van der Waals surface area contributed by atoms with E-state index in [2.05, 4.69) is 43.3 Å². The van der Waals surface area contributed by atoms with Crippen molar-refractivity contribution in [1.82, 2.24) is 4.98 Å². The smallest absolute Gasteiger partial charge is 0.0634 e. The maximum absolute atomic E-state index is 4.46. The van der Waals surface area contributed by atoms with Crippen LogP contribution in [0.15, 0.2) is 23.7 Å². The molecule has 1 nitrogen and oxygen atoms in total. The second-order valence-electron chi connectivity index (χ2n) is 4.25. The molecular weight excluding hydrogens is 202 g/mol. The van der Waals surface area contributed by atoms with Crippen LogP contribution in [0.5, 0.6) is 0 Å². The first-order valence-electron chi connectivity index (χ1n) is 5.42. The number of hydrogen-bond donors (Lipinski definition) is 0. The molecule has 0 saturated carbocycles. The molecule has 2 aromatic heterocycles. The third kappa shape index (κ3) is 2.57. The van der Waals surface area contributed by atoms with E-state index in [4.69, 9.17) is 0 Å². The van der Waals surface area contributed by atoms with Gasteiger partial charge in [-0.05, 0) is 22.9 Å². The number of hydrogen-bond acceptors (Lipinski definition) is 2. The summed E-state index contributed by atoms with van der Waals surface area (Å²) in [5.74, 6) is 0. The summed E-state index contributed by atoms with van der Waals surface area (Å²) in [4.78, 5) is 4.46. The molecule has 2 aromatic rings. The molecule has 0 amide bonds. The Hall–Kier alpha value is -0.890. The van der Waals surface area contributed by atoms with Crippen molar-refractivity contribution >= 4 is 21.4 Å². The highest BCUT2D eigenvalue weighted by molar-refractivity contribution is 7.17. The molecule has 0 saturated heterocycles. The summed E-state index contributed by atoms with van der Waals surface area (Å²) >= 11 is 1.78. The molecule has 0 aromatic carbocycles. The Balaban J connectivity index is 0.000000531. The van der Waals surface area contributed by atoms with Gasteiger partial charge in [0.15, 0.2) is 0 Å². The van der Waals surface area contributed by atoms with Gasteiger partial charge < -0.3 is 0 Å². The van der Waals surface area contributed by atoms with E-state index in [1.165, 1.54) is 15.8 Å². The van der Waals surface area contributed by atoms with E-state index >= 15 is 0 Å². The van der Waals surface area contributed by atoms with E-state index in [9.17, 15) is 0 Å². The molecule has 2 rings (SSSR count). The molecule has 0 N–H and O–H groups in total. The fraction of sp³-hybridized carbons (Fsp3) is 0.462. The Morgan fingerprint density at radius 1 is 1.13 bits per heavy atom. The first kappa shape index (κ1) is 12.2. The second-order valence-corrected chi connectivity index (χ2v) is 5.16. The molecule has 0 atom stereocenters. The number of fused-ring (bicyclic) bond motifs is 1. The largest absolute Gasteiger partial charge is 0.259 e. The van der Waals surface area contributed by atoms with E-state index in [1.54, 1.807) is 11.3 Å². The second kappa shape index (κ2) is 4.75. The van der Waals surface area contributed by atoms with Crippen LogP contribution in [0.1, 0.15) is 40.3 Å². The van der Waals surface area contributed by atoms with E-state index in [0.717, 1.165) is 0 Å². The predicted octanol–water partition coefficient (Wildman–Crippen LogP) is 4.62. The zero-order chi connectivity index (χ0) is 11.5. The highest BCUT2D eigenvalue weighted by atomic mass is 32.1. The van der Waals surface area contributed by atoms with Crippen molar-refractivity contribution in [3.63, 3.8) is 0 Å². The summed E-state index contributed by atoms with van der Waals surface area (Å²) in [6.07, 6.45) is 1.90. The first-order valence-corrected chi connectivity index (χ1v) is 6.30. The molecule has 0 radical (unpaired) electrons. The third-order valence-electron chi connectivity index (χ3n) is 2.08. The highest BCUT2D eigenvalue weighted by Crippen LogP contribution is 2.31. The molecule has 82 valence electrons. The molecule has 2 heterocycles. The zero-order valence-corrected chi connectivity index (χ0v) is 11.0. The van der Waals surface area contributed by atoms with Crippen LogP contribution >= 0.6 is 11.3 Å². The van der Waals surface area contributed by atoms with Crippen LogP contribution in [-0.2, 0) is 5.41 Å². The molecule has 0 aliphatic carbocycles. The Morgan fingerprint density at radius 2 is 1.80 bits per heavy atom. The standard InChI is InChI=1S/C11H13NS.C2H6/c1-11(2,3)10-9-8(4-6-12-10)5-7-13-9;1-2/h4-7H,1-3H3;1-2H3. The quantitative estimate of drug-likeness (QED) is 0.632. The summed E-state index contributed by atoms with van der Waals surface area (Å²) in [5.41, 5.74) is 1.35. The van der Waals surface area contributed by atoms with E-state index in [0.29, 0.717) is 0 Å². The lowest BCUT2D eigenvalue weighted by Gasteiger charge is -2.17. The average molecular weight is 221 g/mol. The fourth-order valence-electron chi connectivity index (χ4n) is 1.43. The normalized spacial score (nSPS) is 11.0. The SMILES string of the molecule is CC.CC(C)(C)c1nccc2ccsc12. The number of pyridine rings is 1. The van der Waals surface area contributed by atoms with Gasteiger partial charge in [-0.15, -0.1) is 11.3 Å². The van der Waals surface area contributed by atoms with Gasteiger partial charge in [-0.25, -0.2) is 0 Å². The summed E-state index contributed by atoms with van der Waals surface area (Å²) in [7, 11) is 0. The van der Waals surface area contributed by atoms with Crippen molar-refractivity contribution in [2.45, 2.75) is 40.0 Å². The van der Waals surface area contributed by atoms with E-state index < -0.39 is 0 Å². The minimum atomic E-state index is 0.143. The third-order valence-corrected chi connectivity index (χ3v) is 3.02. The number of rotatable bonds is 0. The maximum atomic E-state index is 4.46. The average Bonchev–Trinajstić information content (AvgIpc) is 2.66. The van der Waals surface area contributed by atoms with Crippen LogP contribution in [-0.4, -0.2) is 4.98 Å². The van der Waals surface area contributed by atoms with Gasteiger partial charge in [-0.1, -0.05) is 34.6 Å². The van der Waals surface area contributed by atoms with Gasteiger partial charge in [0.1, 0.15) is 0 Å². The lowest BCUT2D eigenvalue weighted by atomic mass is 9.91. The summed E-state index contributed by atoms with van der Waals surface area (Å²) < 4.78 is 1.33. The summed E-state index contributed by atoms with van der Waals surface area (Å²) in [6.45, 7) is 10.6. The lowest BCUT2D eigenvalue weighted by molar-refractivity contribution is 0.576. The minimum absolute atomic E-state index is 0.143. The Morgan fingerprint density at radius 3 is 2.40 bits per heavy atom. The van der Waals surface area contributed by atoms with Gasteiger partial charge in [0.05, 0.1) is 10.4 Å². The van der Waals surface area contributed by atoms with Crippen molar-refractivity contribution in [3.8, 4) is 0 Å². The van der Waals surface area contributed by atoms with Crippen molar-refractivity contribution in [2.75, 3.05) is 0 Å². The first-order chi connectivity index (χ1) is 7.09. The molecule has 0 aliphatic heterocycles. The van der Waals surface area contributed by atoms with Crippen molar-refractivity contribution < 1.29 is 0 Å². The van der Waals surface area contributed by atoms with Crippen molar-refractivity contribution in [1.29, 1.82) is 0 Å². The molecule has 0 spiro atoms. The molecule has 15 heavy (non-hydrogen) atoms. The Labute approximate surface area is 96.2 Å². The van der Waals surface area contributed by atoms with E-state index in [-0.39, 0.29) is 5.41 Å². The van der Waals surface area contributed by atoms with E-state index in [1.807, 2.05) is 20.0 Å². The van der Waals surface area contributed by atoms with Crippen LogP contribution in [0.25, 0.3) is 10.1 Å². The topological polar surface area (TPSA) is 12.9 Å². The number of aromatic nitrogens is 1. The molecule has 0 bridgehead atoms. The van der Waals surface area contributed by atoms with Crippen LogP contribution in [0.4, 0.5) is 0 Å². The highest BCUT2D eigenvalue weighted by Gasteiger charge is 2.18. The molecule has 0 fully saturated rings. The Bertz CT molecular complexity index is 423. The monoisotopic (exact) mass is 221 g/mol. The van der Waals surface area contributed by atoms with Crippen LogP contribution in [0.2, 0.25) is 0 Å². The molecular formula is C13H19NS. The summed E-state index contributed by atoms with van der Waals surface area (Å²) in [5, 5.41) is 3.44. The predicted molar refractivity (Wildman–Crippen MR) is 69.7 cm³/mol. The fourth-order valence-corrected chi connectivity index (χ4v) is 2.52. The molecule has 0 unspecified atom stereocenters. The van der Waals surface area contributed by atoms with Gasteiger partial charge >= 0.3 is 0 Å². The summed E-state index contributed by atoms with van der Waals surface area (Å²) in [6, 6.07) is 4.22. The van der Waals surface area contributed by atoms with Crippen molar-refractivity contribution in [3.05, 3.63) is 29.4 Å². The lowest BCUT2D eigenvalue weighted by Crippen LogP contribution is -2.13. The van der Waals surface area contributed by atoms with Crippen molar-refractivity contribution in [2.24, 2.45) is 0 Å². The molecule has 2 heteroatoms. The number of thiophene rings is 1. The maximum Gasteiger partial charge on any atom is 0.0634 e. The minimum Gasteiger partial charge on any atom is -0.259 e. The van der Waals surface area contributed by atoms with Crippen LogP contribution in [0.3, 0.4) is 0 Å². The van der Waals surface area contributed by atoms with Crippen LogP contribution in [0, 0.1) is 0 Å². The van der Waals surface area contributed by atoms with Gasteiger partial charge in [0.2, 0.25) is 0 Å². The number of nitrogens with zero attached hydrogens (tertiary/aromatic N) is 1. The van der Waals surface area contributed by atoms with Gasteiger partial charge in [-0.3, -0.25) is 4.98 Å².